The number of aromatic nitrogens is 1. The number of nitrogen functional groups attached to an aromatic ring is 1. The Morgan fingerprint density at radius 1 is 1.33 bits per heavy atom. The highest BCUT2D eigenvalue weighted by Crippen LogP contribution is 2.19. The molecule has 1 aromatic carbocycles. The maximum atomic E-state index is 12.2. The lowest BCUT2D eigenvalue weighted by atomic mass is 10.1. The second kappa shape index (κ2) is 6.69. The van der Waals surface area contributed by atoms with Gasteiger partial charge in [0, 0.05) is 13.1 Å². The molecule has 0 bridgehead atoms. The molecule has 0 radical (unpaired) electrons. The Morgan fingerprint density at radius 3 is 2.57 bits per heavy atom. The van der Waals surface area contributed by atoms with E-state index in [9.17, 15) is 4.79 Å². The van der Waals surface area contributed by atoms with Crippen molar-refractivity contribution in [2.75, 3.05) is 19.8 Å². The van der Waals surface area contributed by atoms with E-state index in [0.717, 1.165) is 12.1 Å². The minimum atomic E-state index is -0.124. The quantitative estimate of drug-likeness (QED) is 0.886. The van der Waals surface area contributed by atoms with Gasteiger partial charge in [0.15, 0.2) is 5.13 Å². The normalized spacial score (nSPS) is 10.9. The van der Waals surface area contributed by atoms with Crippen molar-refractivity contribution in [2.45, 2.75) is 20.0 Å². The minimum Gasteiger partial charge on any atom is -0.375 e. The van der Waals surface area contributed by atoms with Crippen LogP contribution in [0.1, 0.15) is 26.5 Å². The van der Waals surface area contributed by atoms with Crippen LogP contribution in [0.15, 0.2) is 24.3 Å². The average Bonchev–Trinajstić information content (AvgIpc) is 2.76. The van der Waals surface area contributed by atoms with Crippen molar-refractivity contribution >= 4 is 22.4 Å². The van der Waals surface area contributed by atoms with Gasteiger partial charge in [0.05, 0.1) is 5.69 Å². The number of carbonyl (C=O) groups excluding carboxylic acids is 1. The SMILES string of the molecule is Cc1nc(N)sc1C(=O)NCc1ccccc1CN(C)C. The van der Waals surface area contributed by atoms with E-state index >= 15 is 0 Å². The lowest BCUT2D eigenvalue weighted by molar-refractivity contribution is 0.0954. The van der Waals surface area contributed by atoms with E-state index < -0.39 is 0 Å². The number of benzene rings is 1. The van der Waals surface area contributed by atoms with Gasteiger partial charge in [-0.15, -0.1) is 0 Å². The first-order valence-electron chi connectivity index (χ1n) is 6.70. The number of nitrogens with two attached hydrogens (primary N) is 1. The molecule has 5 nitrogen and oxygen atoms in total. The van der Waals surface area contributed by atoms with Gasteiger partial charge < -0.3 is 16.0 Å². The third kappa shape index (κ3) is 4.03. The maximum absolute atomic E-state index is 12.2. The summed E-state index contributed by atoms with van der Waals surface area (Å²) >= 11 is 1.22. The molecule has 2 rings (SSSR count). The van der Waals surface area contributed by atoms with Crippen molar-refractivity contribution < 1.29 is 4.79 Å². The number of rotatable bonds is 5. The summed E-state index contributed by atoms with van der Waals surface area (Å²) in [6.45, 7) is 3.14. The van der Waals surface area contributed by atoms with Crippen molar-refractivity contribution in [3.63, 3.8) is 0 Å². The Labute approximate surface area is 128 Å². The Hall–Kier alpha value is -1.92. The zero-order chi connectivity index (χ0) is 15.4. The van der Waals surface area contributed by atoms with Crippen LogP contribution in [0.5, 0.6) is 0 Å². The molecule has 0 aliphatic carbocycles. The summed E-state index contributed by atoms with van der Waals surface area (Å²) in [4.78, 5) is 18.9. The molecule has 21 heavy (non-hydrogen) atoms. The lowest BCUT2D eigenvalue weighted by Gasteiger charge is -2.14. The number of aryl methyl sites for hydroxylation is 1. The molecule has 0 saturated heterocycles. The lowest BCUT2D eigenvalue weighted by Crippen LogP contribution is -2.24. The van der Waals surface area contributed by atoms with Gasteiger partial charge in [-0.2, -0.15) is 0 Å². The molecule has 112 valence electrons. The monoisotopic (exact) mass is 304 g/mol. The molecule has 1 amide bonds. The summed E-state index contributed by atoms with van der Waals surface area (Å²) in [5.41, 5.74) is 8.63. The van der Waals surface area contributed by atoms with E-state index in [0.29, 0.717) is 22.2 Å². The van der Waals surface area contributed by atoms with Crippen LogP contribution in [0.2, 0.25) is 0 Å². The summed E-state index contributed by atoms with van der Waals surface area (Å²) in [5, 5.41) is 3.36. The molecule has 0 fully saturated rings. The Bertz CT molecular complexity index is 636. The van der Waals surface area contributed by atoms with E-state index in [1.54, 1.807) is 6.92 Å². The summed E-state index contributed by atoms with van der Waals surface area (Å²) < 4.78 is 0. The maximum Gasteiger partial charge on any atom is 0.263 e. The number of carbonyl (C=O) groups is 1. The van der Waals surface area contributed by atoms with Gasteiger partial charge in [0.25, 0.3) is 5.91 Å². The number of nitrogens with one attached hydrogen (secondary N) is 1. The summed E-state index contributed by atoms with van der Waals surface area (Å²) in [5.74, 6) is -0.124. The second-order valence-corrected chi connectivity index (χ2v) is 6.19. The Balaban J connectivity index is 2.06. The Kier molecular flexibility index (Phi) is 4.93. The van der Waals surface area contributed by atoms with Crippen LogP contribution in [-0.2, 0) is 13.1 Å². The average molecular weight is 304 g/mol. The van der Waals surface area contributed by atoms with Gasteiger partial charge in [0.2, 0.25) is 0 Å². The molecular weight excluding hydrogens is 284 g/mol. The van der Waals surface area contributed by atoms with Crippen LogP contribution in [0.3, 0.4) is 0 Å². The van der Waals surface area contributed by atoms with Crippen LogP contribution in [0.25, 0.3) is 0 Å². The fourth-order valence-electron chi connectivity index (χ4n) is 2.11. The number of anilines is 1. The van der Waals surface area contributed by atoms with E-state index in [2.05, 4.69) is 21.3 Å². The van der Waals surface area contributed by atoms with Crippen LogP contribution < -0.4 is 11.1 Å². The van der Waals surface area contributed by atoms with Crippen LogP contribution in [-0.4, -0.2) is 29.9 Å². The Morgan fingerprint density at radius 2 is 2.00 bits per heavy atom. The summed E-state index contributed by atoms with van der Waals surface area (Å²) in [6, 6.07) is 8.11. The number of hydrogen-bond donors (Lipinski definition) is 2. The predicted molar refractivity (Wildman–Crippen MR) is 86.3 cm³/mol. The van der Waals surface area contributed by atoms with Gasteiger partial charge in [0.1, 0.15) is 4.88 Å². The number of nitrogens with zero attached hydrogens (tertiary/aromatic N) is 2. The van der Waals surface area contributed by atoms with Gasteiger partial charge in [-0.3, -0.25) is 4.79 Å². The zero-order valence-electron chi connectivity index (χ0n) is 12.5. The molecule has 0 saturated carbocycles. The molecule has 1 heterocycles. The number of hydrogen-bond acceptors (Lipinski definition) is 5. The molecule has 0 aliphatic heterocycles. The van der Waals surface area contributed by atoms with E-state index in [1.807, 2.05) is 32.3 Å². The van der Waals surface area contributed by atoms with E-state index in [1.165, 1.54) is 16.9 Å². The standard InChI is InChI=1S/C15H20N4OS/c1-10-13(21-15(16)18-10)14(20)17-8-11-6-4-5-7-12(11)9-19(2)3/h4-7H,8-9H2,1-3H3,(H2,16,18)(H,17,20). The van der Waals surface area contributed by atoms with Crippen LogP contribution in [0.4, 0.5) is 5.13 Å². The number of amides is 1. The predicted octanol–water partition coefficient (Wildman–Crippen LogP) is 2.03. The summed E-state index contributed by atoms with van der Waals surface area (Å²) in [7, 11) is 4.05. The van der Waals surface area contributed by atoms with Crippen LogP contribution in [0, 0.1) is 6.92 Å². The van der Waals surface area contributed by atoms with Gasteiger partial charge in [-0.25, -0.2) is 4.98 Å². The largest absolute Gasteiger partial charge is 0.375 e. The summed E-state index contributed by atoms with van der Waals surface area (Å²) in [6.07, 6.45) is 0. The van der Waals surface area contributed by atoms with E-state index in [-0.39, 0.29) is 5.91 Å². The molecule has 0 unspecified atom stereocenters. The minimum absolute atomic E-state index is 0.124. The molecular formula is C15H20N4OS. The first-order valence-corrected chi connectivity index (χ1v) is 7.51. The fourth-order valence-corrected chi connectivity index (χ4v) is 2.86. The van der Waals surface area contributed by atoms with Crippen molar-refractivity contribution in [1.29, 1.82) is 0 Å². The third-order valence-electron chi connectivity index (χ3n) is 3.06. The molecule has 6 heteroatoms. The first kappa shape index (κ1) is 15.5. The van der Waals surface area contributed by atoms with Crippen molar-refractivity contribution in [1.82, 2.24) is 15.2 Å². The molecule has 0 aliphatic rings. The van der Waals surface area contributed by atoms with Crippen molar-refractivity contribution in [2.24, 2.45) is 0 Å². The molecule has 0 atom stereocenters. The van der Waals surface area contributed by atoms with Gasteiger partial charge >= 0.3 is 0 Å². The van der Waals surface area contributed by atoms with Crippen LogP contribution >= 0.6 is 11.3 Å². The first-order chi connectivity index (χ1) is 9.97. The number of thiazole rings is 1. The molecule has 1 aromatic heterocycles. The van der Waals surface area contributed by atoms with E-state index in [4.69, 9.17) is 5.73 Å². The zero-order valence-corrected chi connectivity index (χ0v) is 13.3. The molecule has 2 aromatic rings. The molecule has 0 spiro atoms. The van der Waals surface area contributed by atoms with Crippen molar-refractivity contribution in [3.05, 3.63) is 46.0 Å². The molecule has 3 N–H and O–H groups in total. The highest BCUT2D eigenvalue weighted by molar-refractivity contribution is 7.17. The third-order valence-corrected chi connectivity index (χ3v) is 4.05. The van der Waals surface area contributed by atoms with Crippen molar-refractivity contribution in [3.8, 4) is 0 Å². The topological polar surface area (TPSA) is 71.2 Å². The fraction of sp³-hybridized carbons (Fsp3) is 0.333. The highest BCUT2D eigenvalue weighted by Gasteiger charge is 2.14. The van der Waals surface area contributed by atoms with Gasteiger partial charge in [-0.1, -0.05) is 35.6 Å². The second-order valence-electron chi connectivity index (χ2n) is 5.16. The van der Waals surface area contributed by atoms with Gasteiger partial charge in [-0.05, 0) is 32.1 Å². The highest BCUT2D eigenvalue weighted by atomic mass is 32.1. The smallest absolute Gasteiger partial charge is 0.263 e.